The number of nitrogens with two attached hydrogens (primary N) is 1. The molecule has 1 atom stereocenters. The molecule has 0 unspecified atom stereocenters. The van der Waals surface area contributed by atoms with Crippen molar-refractivity contribution in [2.24, 2.45) is 5.73 Å². The highest BCUT2D eigenvalue weighted by Crippen LogP contribution is 2.38. The number of aliphatic hydroxyl groups is 1. The molecular weight excluding hydrogens is 264 g/mol. The third-order valence-electron chi connectivity index (χ3n) is 2.28. The van der Waals surface area contributed by atoms with Crippen LogP contribution in [0.4, 0.5) is 26.3 Å². The van der Waals surface area contributed by atoms with Crippen molar-refractivity contribution in [1.82, 2.24) is 0 Å². The van der Waals surface area contributed by atoms with Gasteiger partial charge in [0.1, 0.15) is 0 Å². The molecule has 3 N–H and O–H groups in total. The van der Waals surface area contributed by atoms with Crippen molar-refractivity contribution >= 4 is 0 Å². The third-order valence-corrected chi connectivity index (χ3v) is 2.28. The van der Waals surface area contributed by atoms with E-state index in [4.69, 9.17) is 10.8 Å². The van der Waals surface area contributed by atoms with Gasteiger partial charge < -0.3 is 10.8 Å². The van der Waals surface area contributed by atoms with Crippen LogP contribution in [0.3, 0.4) is 0 Å². The fourth-order valence-corrected chi connectivity index (χ4v) is 1.40. The summed E-state index contributed by atoms with van der Waals surface area (Å²) >= 11 is 0. The summed E-state index contributed by atoms with van der Waals surface area (Å²) in [5.74, 6) is 0. The Morgan fingerprint density at radius 3 is 2.00 bits per heavy atom. The lowest BCUT2D eigenvalue weighted by Gasteiger charge is -2.18. The second-order valence-electron chi connectivity index (χ2n) is 3.59. The Balaban J connectivity index is 3.40. The molecule has 0 aliphatic heterocycles. The van der Waals surface area contributed by atoms with E-state index in [1.807, 2.05) is 0 Å². The molecule has 18 heavy (non-hydrogen) atoms. The lowest BCUT2D eigenvalue weighted by Crippen LogP contribution is -2.21. The van der Waals surface area contributed by atoms with Gasteiger partial charge >= 0.3 is 12.4 Å². The first-order valence-electron chi connectivity index (χ1n) is 4.72. The first kappa shape index (κ1) is 14.8. The molecule has 0 saturated carbocycles. The number of halogens is 6. The molecular formula is C10H9F6NO. The summed E-state index contributed by atoms with van der Waals surface area (Å²) in [6.45, 7) is -0.797. The molecule has 0 aromatic heterocycles. The zero-order chi connectivity index (χ0) is 14.1. The predicted molar refractivity (Wildman–Crippen MR) is 50.5 cm³/mol. The molecule has 0 spiro atoms. The van der Waals surface area contributed by atoms with Crippen LogP contribution in [-0.2, 0) is 12.4 Å². The van der Waals surface area contributed by atoms with Crippen LogP contribution in [0.15, 0.2) is 18.2 Å². The summed E-state index contributed by atoms with van der Waals surface area (Å²) in [6, 6.07) is -0.263. The van der Waals surface area contributed by atoms with E-state index in [0.29, 0.717) is 12.1 Å². The van der Waals surface area contributed by atoms with Crippen LogP contribution in [0.2, 0.25) is 0 Å². The van der Waals surface area contributed by atoms with E-state index in [2.05, 4.69) is 0 Å². The van der Waals surface area contributed by atoms with E-state index in [-0.39, 0.29) is 6.07 Å². The molecule has 102 valence electrons. The summed E-state index contributed by atoms with van der Waals surface area (Å²) in [5.41, 5.74) is 1.75. The fourth-order valence-electron chi connectivity index (χ4n) is 1.40. The van der Waals surface area contributed by atoms with Gasteiger partial charge in [-0.15, -0.1) is 0 Å². The summed E-state index contributed by atoms with van der Waals surface area (Å²) < 4.78 is 74.8. The van der Waals surface area contributed by atoms with Crippen molar-refractivity contribution in [1.29, 1.82) is 0 Å². The van der Waals surface area contributed by atoms with E-state index in [1.54, 1.807) is 0 Å². The largest absolute Gasteiger partial charge is 0.416 e. The molecule has 1 rings (SSSR count). The van der Waals surface area contributed by atoms with E-state index >= 15 is 0 Å². The first-order chi connectivity index (χ1) is 8.07. The van der Waals surface area contributed by atoms with Crippen LogP contribution < -0.4 is 5.73 Å². The van der Waals surface area contributed by atoms with Gasteiger partial charge in [0.2, 0.25) is 0 Å². The number of benzene rings is 1. The minimum atomic E-state index is -4.97. The summed E-state index contributed by atoms with van der Waals surface area (Å²) in [4.78, 5) is 0. The fraction of sp³-hybridized carbons (Fsp3) is 0.400. The Morgan fingerprint density at radius 1 is 1.06 bits per heavy atom. The normalized spacial score (nSPS) is 14.7. The van der Waals surface area contributed by atoms with Crippen molar-refractivity contribution < 1.29 is 31.4 Å². The SMILES string of the molecule is N[C@H](CO)c1ccc(C(F)(F)F)cc1C(F)(F)F. The maximum Gasteiger partial charge on any atom is 0.416 e. The molecule has 0 saturated heterocycles. The number of rotatable bonds is 2. The monoisotopic (exact) mass is 273 g/mol. The van der Waals surface area contributed by atoms with Gasteiger partial charge in [-0.25, -0.2) is 0 Å². The van der Waals surface area contributed by atoms with E-state index in [0.717, 1.165) is 0 Å². The van der Waals surface area contributed by atoms with Gasteiger partial charge in [0.25, 0.3) is 0 Å². The minimum Gasteiger partial charge on any atom is -0.394 e. The number of aliphatic hydroxyl groups excluding tert-OH is 1. The Kier molecular flexibility index (Phi) is 3.92. The van der Waals surface area contributed by atoms with Gasteiger partial charge in [-0.2, -0.15) is 26.3 Å². The van der Waals surface area contributed by atoms with Crippen molar-refractivity contribution in [3.63, 3.8) is 0 Å². The molecule has 0 radical (unpaired) electrons. The van der Waals surface area contributed by atoms with Crippen molar-refractivity contribution in [2.75, 3.05) is 6.61 Å². The molecule has 2 nitrogen and oxygen atoms in total. The van der Waals surface area contributed by atoms with Gasteiger partial charge in [-0.3, -0.25) is 0 Å². The van der Waals surface area contributed by atoms with Gasteiger partial charge in [0.15, 0.2) is 0 Å². The highest BCUT2D eigenvalue weighted by Gasteiger charge is 2.38. The zero-order valence-corrected chi connectivity index (χ0v) is 8.81. The molecule has 1 aromatic carbocycles. The minimum absolute atomic E-state index is 0.00907. The van der Waals surface area contributed by atoms with E-state index in [1.165, 1.54) is 0 Å². The maximum absolute atomic E-state index is 12.6. The average molecular weight is 273 g/mol. The van der Waals surface area contributed by atoms with Crippen LogP contribution in [0.1, 0.15) is 22.7 Å². The lowest BCUT2D eigenvalue weighted by atomic mass is 9.98. The first-order valence-corrected chi connectivity index (χ1v) is 4.72. The predicted octanol–water partition coefficient (Wildman–Crippen LogP) is 2.72. The van der Waals surface area contributed by atoms with Crippen LogP contribution in [0.25, 0.3) is 0 Å². The zero-order valence-electron chi connectivity index (χ0n) is 8.81. The van der Waals surface area contributed by atoms with Gasteiger partial charge in [-0.05, 0) is 17.7 Å². The summed E-state index contributed by atoms with van der Waals surface area (Å²) in [6.07, 6.45) is -9.84. The topological polar surface area (TPSA) is 46.2 Å². The second kappa shape index (κ2) is 4.77. The Bertz CT molecular complexity index is 425. The lowest BCUT2D eigenvalue weighted by molar-refractivity contribution is -0.143. The van der Waals surface area contributed by atoms with Gasteiger partial charge in [-0.1, -0.05) is 6.07 Å². The highest BCUT2D eigenvalue weighted by molar-refractivity contribution is 5.37. The van der Waals surface area contributed by atoms with Crippen LogP contribution in [-0.4, -0.2) is 11.7 Å². The molecule has 0 bridgehead atoms. The maximum atomic E-state index is 12.6. The second-order valence-corrected chi connectivity index (χ2v) is 3.59. The van der Waals surface area contributed by atoms with Crippen molar-refractivity contribution in [2.45, 2.75) is 18.4 Å². The molecule has 1 aromatic rings. The Morgan fingerprint density at radius 2 is 1.61 bits per heavy atom. The van der Waals surface area contributed by atoms with E-state index in [9.17, 15) is 26.3 Å². The quantitative estimate of drug-likeness (QED) is 0.814. The molecule has 0 heterocycles. The van der Waals surface area contributed by atoms with Crippen molar-refractivity contribution in [3.8, 4) is 0 Å². The molecule has 0 amide bonds. The molecule has 8 heteroatoms. The standard InChI is InChI=1S/C10H9F6NO/c11-9(12,13)5-1-2-6(8(17)4-18)7(3-5)10(14,15)16/h1-3,8,18H,4,17H2/t8-/m1/s1. The number of hydrogen-bond acceptors (Lipinski definition) is 2. The third kappa shape index (κ3) is 3.14. The number of alkyl halides is 6. The van der Waals surface area contributed by atoms with Crippen molar-refractivity contribution in [3.05, 3.63) is 34.9 Å². The molecule has 0 aliphatic carbocycles. The average Bonchev–Trinajstić information content (AvgIpc) is 2.24. The summed E-state index contributed by atoms with van der Waals surface area (Å²) in [7, 11) is 0. The van der Waals surface area contributed by atoms with Crippen LogP contribution in [0, 0.1) is 0 Å². The van der Waals surface area contributed by atoms with E-state index < -0.39 is 41.7 Å². The Hall–Kier alpha value is -1.28. The molecule has 0 fully saturated rings. The van der Waals surface area contributed by atoms with Gasteiger partial charge in [0, 0.05) is 0 Å². The Labute approximate surface area is 98.0 Å². The van der Waals surface area contributed by atoms with Gasteiger partial charge in [0.05, 0.1) is 23.8 Å². The number of hydrogen-bond donors (Lipinski definition) is 2. The summed E-state index contributed by atoms with van der Waals surface area (Å²) in [5, 5.41) is 8.69. The molecule has 0 aliphatic rings. The van der Waals surface area contributed by atoms with Crippen LogP contribution >= 0.6 is 0 Å². The smallest absolute Gasteiger partial charge is 0.394 e. The highest BCUT2D eigenvalue weighted by atomic mass is 19.4. The van der Waals surface area contributed by atoms with Crippen LogP contribution in [0.5, 0.6) is 0 Å².